The van der Waals surface area contributed by atoms with E-state index in [0.29, 0.717) is 0 Å². The number of rotatable bonds is 6. The maximum absolute atomic E-state index is 11.4. The Morgan fingerprint density at radius 3 is 2.24 bits per heavy atom. The van der Waals surface area contributed by atoms with Crippen molar-refractivity contribution in [3.63, 3.8) is 0 Å². The normalized spacial score (nSPS) is 14.9. The van der Waals surface area contributed by atoms with Crippen molar-refractivity contribution in [3.8, 4) is 0 Å². The molecule has 0 aromatic rings. The van der Waals surface area contributed by atoms with E-state index < -0.39 is 0 Å². The van der Waals surface area contributed by atoms with Crippen molar-refractivity contribution in [1.29, 1.82) is 0 Å². The zero-order valence-corrected chi connectivity index (χ0v) is 10.1. The van der Waals surface area contributed by atoms with Gasteiger partial charge in [-0.15, -0.1) is 0 Å². The Labute approximate surface area is 100 Å². The summed E-state index contributed by atoms with van der Waals surface area (Å²) in [4.78, 5) is 34.9. The number of hydrogen-bond donors (Lipinski definition) is 0. The van der Waals surface area contributed by atoms with Gasteiger partial charge in [-0.25, -0.2) is 0 Å². The maximum atomic E-state index is 11.4. The summed E-state index contributed by atoms with van der Waals surface area (Å²) >= 11 is 0. The summed E-state index contributed by atoms with van der Waals surface area (Å²) in [6, 6.07) is 0. The number of carbonyl (C=O) groups is 3. The van der Waals surface area contributed by atoms with Crippen LogP contribution in [0, 0.1) is 0 Å². The van der Waals surface area contributed by atoms with E-state index in [1.165, 1.54) is 12.2 Å². The van der Waals surface area contributed by atoms with Crippen LogP contribution in [0.2, 0.25) is 0 Å². The molecule has 0 fully saturated rings. The third kappa shape index (κ3) is 3.69. The molecule has 0 aliphatic carbocycles. The van der Waals surface area contributed by atoms with Crippen LogP contribution in [0.5, 0.6) is 0 Å². The van der Waals surface area contributed by atoms with Crippen LogP contribution in [-0.2, 0) is 19.1 Å². The van der Waals surface area contributed by atoms with Gasteiger partial charge in [0.2, 0.25) is 0 Å². The first-order valence-electron chi connectivity index (χ1n) is 5.81. The topological polar surface area (TPSA) is 63.7 Å². The molecule has 0 N–H and O–H groups in total. The smallest absolute Gasteiger partial charge is 0.307 e. The van der Waals surface area contributed by atoms with Crippen molar-refractivity contribution < 1.29 is 19.1 Å². The van der Waals surface area contributed by atoms with Gasteiger partial charge in [0.15, 0.2) is 0 Å². The molecule has 0 radical (unpaired) electrons. The SMILES string of the molecule is CCC(CC)OC(=O)CCN1C(=O)C=CC1=O. The lowest BCUT2D eigenvalue weighted by Gasteiger charge is -2.16. The van der Waals surface area contributed by atoms with Gasteiger partial charge < -0.3 is 4.74 Å². The van der Waals surface area contributed by atoms with E-state index in [2.05, 4.69) is 0 Å². The summed E-state index contributed by atoms with van der Waals surface area (Å²) in [5.41, 5.74) is 0. The Morgan fingerprint density at radius 2 is 1.76 bits per heavy atom. The number of ether oxygens (including phenoxy) is 1. The summed E-state index contributed by atoms with van der Waals surface area (Å²) in [5, 5.41) is 0. The van der Waals surface area contributed by atoms with Crippen LogP contribution in [0.4, 0.5) is 0 Å². The van der Waals surface area contributed by atoms with Gasteiger partial charge in [-0.05, 0) is 12.8 Å². The number of nitrogens with zero attached hydrogens (tertiary/aromatic N) is 1. The molecule has 1 aliphatic heterocycles. The number of esters is 1. The predicted octanol–water partition coefficient (Wildman–Crippen LogP) is 1.03. The molecular formula is C12H17NO4. The number of hydrogen-bond acceptors (Lipinski definition) is 4. The van der Waals surface area contributed by atoms with Crippen LogP contribution in [0.25, 0.3) is 0 Å². The minimum atomic E-state index is -0.370. The van der Waals surface area contributed by atoms with Gasteiger partial charge in [-0.1, -0.05) is 13.8 Å². The fourth-order valence-electron chi connectivity index (χ4n) is 1.55. The van der Waals surface area contributed by atoms with Gasteiger partial charge in [0.25, 0.3) is 11.8 Å². The molecule has 0 saturated heterocycles. The molecule has 0 unspecified atom stereocenters. The average Bonchev–Trinajstić information content (AvgIpc) is 2.63. The number of carbonyl (C=O) groups excluding carboxylic acids is 3. The molecule has 0 spiro atoms. The van der Waals surface area contributed by atoms with Crippen LogP contribution in [0.3, 0.4) is 0 Å². The highest BCUT2D eigenvalue weighted by Crippen LogP contribution is 2.07. The maximum Gasteiger partial charge on any atom is 0.307 e. The van der Waals surface area contributed by atoms with Gasteiger partial charge in [0, 0.05) is 18.7 Å². The van der Waals surface area contributed by atoms with Crippen molar-refractivity contribution in [1.82, 2.24) is 4.90 Å². The quantitative estimate of drug-likeness (QED) is 0.513. The van der Waals surface area contributed by atoms with Gasteiger partial charge >= 0.3 is 5.97 Å². The van der Waals surface area contributed by atoms with E-state index in [1.807, 2.05) is 13.8 Å². The molecule has 2 amide bonds. The van der Waals surface area contributed by atoms with E-state index in [9.17, 15) is 14.4 Å². The average molecular weight is 239 g/mol. The Balaban J connectivity index is 2.33. The third-order valence-electron chi connectivity index (χ3n) is 2.65. The fourth-order valence-corrected chi connectivity index (χ4v) is 1.55. The van der Waals surface area contributed by atoms with Crippen molar-refractivity contribution >= 4 is 17.8 Å². The van der Waals surface area contributed by atoms with Crippen LogP contribution in [0.1, 0.15) is 33.1 Å². The standard InChI is InChI=1S/C12H17NO4/c1-3-9(4-2)17-12(16)7-8-13-10(14)5-6-11(13)15/h5-6,9H,3-4,7-8H2,1-2H3. The minimum Gasteiger partial charge on any atom is -0.462 e. The van der Waals surface area contributed by atoms with Gasteiger partial charge in [-0.2, -0.15) is 0 Å². The molecule has 1 aliphatic rings. The van der Waals surface area contributed by atoms with Crippen LogP contribution in [-0.4, -0.2) is 35.3 Å². The highest BCUT2D eigenvalue weighted by Gasteiger charge is 2.24. The molecule has 0 aromatic carbocycles. The van der Waals surface area contributed by atoms with Crippen molar-refractivity contribution in [2.45, 2.75) is 39.2 Å². The molecule has 0 atom stereocenters. The second-order valence-electron chi connectivity index (χ2n) is 3.84. The van der Waals surface area contributed by atoms with Crippen molar-refractivity contribution in [3.05, 3.63) is 12.2 Å². The van der Waals surface area contributed by atoms with Crippen LogP contribution in [0.15, 0.2) is 12.2 Å². The predicted molar refractivity (Wildman–Crippen MR) is 60.9 cm³/mol. The molecule has 1 rings (SSSR count). The van der Waals surface area contributed by atoms with Gasteiger partial charge in [0.1, 0.15) is 6.10 Å². The Kier molecular flexibility index (Phi) is 4.87. The highest BCUT2D eigenvalue weighted by molar-refractivity contribution is 6.12. The van der Waals surface area contributed by atoms with Crippen LogP contribution < -0.4 is 0 Å². The summed E-state index contributed by atoms with van der Waals surface area (Å²) in [6.45, 7) is 3.97. The van der Waals surface area contributed by atoms with E-state index in [-0.39, 0.29) is 36.9 Å². The minimum absolute atomic E-state index is 0.0512. The number of amides is 2. The van der Waals surface area contributed by atoms with Crippen LogP contribution >= 0.6 is 0 Å². The van der Waals surface area contributed by atoms with Crippen molar-refractivity contribution in [2.75, 3.05) is 6.54 Å². The lowest BCUT2D eigenvalue weighted by Crippen LogP contribution is -2.32. The van der Waals surface area contributed by atoms with Crippen molar-refractivity contribution in [2.24, 2.45) is 0 Å². The summed E-state index contributed by atoms with van der Waals surface area (Å²) in [5.74, 6) is -1.11. The molecule has 94 valence electrons. The lowest BCUT2D eigenvalue weighted by atomic mass is 10.2. The Bertz CT molecular complexity index is 326. The van der Waals surface area contributed by atoms with E-state index in [1.54, 1.807) is 0 Å². The van der Waals surface area contributed by atoms with E-state index in [4.69, 9.17) is 4.74 Å². The monoisotopic (exact) mass is 239 g/mol. The second kappa shape index (κ2) is 6.18. The highest BCUT2D eigenvalue weighted by atomic mass is 16.5. The molecule has 5 nitrogen and oxygen atoms in total. The molecule has 0 bridgehead atoms. The number of imide groups is 1. The first-order chi connectivity index (χ1) is 8.08. The fraction of sp³-hybridized carbons (Fsp3) is 0.583. The summed E-state index contributed by atoms with van der Waals surface area (Å²) in [6.07, 6.45) is 3.92. The molecule has 5 heteroatoms. The van der Waals surface area contributed by atoms with E-state index >= 15 is 0 Å². The lowest BCUT2D eigenvalue weighted by molar-refractivity contribution is -0.150. The molecule has 0 saturated carbocycles. The van der Waals surface area contributed by atoms with E-state index in [0.717, 1.165) is 17.7 Å². The Hall–Kier alpha value is -1.65. The first-order valence-corrected chi connectivity index (χ1v) is 5.81. The summed E-state index contributed by atoms with van der Waals surface area (Å²) in [7, 11) is 0. The van der Waals surface area contributed by atoms with Gasteiger partial charge in [0.05, 0.1) is 6.42 Å². The summed E-state index contributed by atoms with van der Waals surface area (Å²) < 4.78 is 5.17. The molecule has 17 heavy (non-hydrogen) atoms. The Morgan fingerprint density at radius 1 is 1.24 bits per heavy atom. The molecular weight excluding hydrogens is 222 g/mol. The third-order valence-corrected chi connectivity index (χ3v) is 2.65. The first kappa shape index (κ1) is 13.4. The molecule has 0 aromatic heterocycles. The zero-order chi connectivity index (χ0) is 12.8. The molecule has 1 heterocycles. The zero-order valence-electron chi connectivity index (χ0n) is 10.1. The largest absolute Gasteiger partial charge is 0.462 e. The van der Waals surface area contributed by atoms with Gasteiger partial charge in [-0.3, -0.25) is 19.3 Å². The second-order valence-corrected chi connectivity index (χ2v) is 3.84.